The highest BCUT2D eigenvalue weighted by Crippen LogP contribution is 2.59. The molecule has 0 N–H and O–H groups in total. The third-order valence-electron chi connectivity index (χ3n) is 6.76. The summed E-state index contributed by atoms with van der Waals surface area (Å²) < 4.78 is 73.8. The highest BCUT2D eigenvalue weighted by atomic mass is 32.2. The third kappa shape index (κ3) is 3.47. The molecule has 3 saturated carbocycles. The van der Waals surface area contributed by atoms with E-state index in [0.717, 1.165) is 19.3 Å². The molecule has 0 aromatic carbocycles. The highest BCUT2D eigenvalue weighted by Gasteiger charge is 2.70. The Bertz CT molecular complexity index is 852. The van der Waals surface area contributed by atoms with Gasteiger partial charge < -0.3 is 18.8 Å². The van der Waals surface area contributed by atoms with Crippen molar-refractivity contribution in [1.82, 2.24) is 0 Å². The number of ether oxygens (including phenoxy) is 3. The Morgan fingerprint density at radius 1 is 1.13 bits per heavy atom. The van der Waals surface area contributed by atoms with Gasteiger partial charge in [0.05, 0.1) is 17.8 Å². The molecule has 168 valence electrons. The van der Waals surface area contributed by atoms with Gasteiger partial charge in [0.2, 0.25) is 0 Å². The molecule has 6 unspecified atom stereocenters. The molecule has 6 atom stereocenters. The number of rotatable bonds is 6. The predicted molar refractivity (Wildman–Crippen MR) is 90.5 cm³/mol. The molecule has 1 saturated heterocycles. The average Bonchev–Trinajstić information content (AvgIpc) is 3.29. The van der Waals surface area contributed by atoms with Crippen molar-refractivity contribution in [3.05, 3.63) is 0 Å². The zero-order valence-electron chi connectivity index (χ0n) is 15.8. The van der Waals surface area contributed by atoms with Crippen LogP contribution in [0.15, 0.2) is 0 Å². The zero-order chi connectivity index (χ0) is 21.8. The van der Waals surface area contributed by atoms with E-state index in [9.17, 15) is 36.1 Å². The lowest BCUT2D eigenvalue weighted by Crippen LogP contribution is -2.45. The monoisotopic (exact) mass is 451 g/mol. The molecule has 4 rings (SSSR count). The van der Waals surface area contributed by atoms with Crippen LogP contribution in [-0.4, -0.2) is 54.9 Å². The van der Waals surface area contributed by atoms with E-state index < -0.39 is 75.8 Å². The first-order valence-corrected chi connectivity index (χ1v) is 11.3. The standard InChI is InChI=1S/C18H22F2O9S/c19-18(20,30(24,25)26)7-27-16(22)11-9-6-10-12(11)17(23)29-14(10)13(9)28-15(21)8-4-2-1-3-5-8/h8-14H,1-7H2,(H,24,25,26)/p-1. The van der Waals surface area contributed by atoms with Crippen LogP contribution in [0.2, 0.25) is 0 Å². The molecule has 0 amide bonds. The maximum atomic E-state index is 13.3. The molecule has 1 aliphatic heterocycles. The molecule has 9 nitrogen and oxygen atoms in total. The molecule has 0 aromatic heterocycles. The van der Waals surface area contributed by atoms with Crippen molar-refractivity contribution in [3.63, 3.8) is 0 Å². The maximum Gasteiger partial charge on any atom is 0.367 e. The fourth-order valence-electron chi connectivity index (χ4n) is 5.36. The van der Waals surface area contributed by atoms with Crippen LogP contribution in [0.1, 0.15) is 38.5 Å². The van der Waals surface area contributed by atoms with Gasteiger partial charge in [-0.3, -0.25) is 14.4 Å². The number of fused-ring (bicyclic) bond motifs is 1. The number of halogens is 2. The van der Waals surface area contributed by atoms with Crippen molar-refractivity contribution < 1.29 is 50.3 Å². The Morgan fingerprint density at radius 3 is 2.43 bits per heavy atom. The van der Waals surface area contributed by atoms with Gasteiger partial charge in [0, 0.05) is 11.8 Å². The van der Waals surface area contributed by atoms with Gasteiger partial charge in [-0.1, -0.05) is 19.3 Å². The van der Waals surface area contributed by atoms with E-state index in [1.807, 2.05) is 0 Å². The highest BCUT2D eigenvalue weighted by molar-refractivity contribution is 7.86. The summed E-state index contributed by atoms with van der Waals surface area (Å²) in [5, 5.41) is -4.79. The van der Waals surface area contributed by atoms with Gasteiger partial charge in [0.1, 0.15) is 12.2 Å². The van der Waals surface area contributed by atoms with Gasteiger partial charge in [-0.2, -0.15) is 8.78 Å². The van der Waals surface area contributed by atoms with Crippen LogP contribution in [0, 0.1) is 29.6 Å². The number of hydrogen-bond donors (Lipinski definition) is 0. The van der Waals surface area contributed by atoms with Crippen LogP contribution in [-0.2, 0) is 38.7 Å². The first-order valence-electron chi connectivity index (χ1n) is 9.92. The molecule has 12 heteroatoms. The molecule has 0 spiro atoms. The summed E-state index contributed by atoms with van der Waals surface area (Å²) in [6.07, 6.45) is 2.98. The quantitative estimate of drug-likeness (QED) is 0.329. The third-order valence-corrected chi connectivity index (χ3v) is 7.61. The van der Waals surface area contributed by atoms with Crippen molar-refractivity contribution in [2.45, 2.75) is 56.0 Å². The van der Waals surface area contributed by atoms with Crippen molar-refractivity contribution in [2.24, 2.45) is 29.6 Å². The molecule has 1 heterocycles. The summed E-state index contributed by atoms with van der Waals surface area (Å²) in [4.78, 5) is 37.3. The summed E-state index contributed by atoms with van der Waals surface area (Å²) >= 11 is 0. The van der Waals surface area contributed by atoms with E-state index >= 15 is 0 Å². The molecular weight excluding hydrogens is 430 g/mol. The molecule has 0 aromatic rings. The van der Waals surface area contributed by atoms with Crippen molar-refractivity contribution in [3.8, 4) is 0 Å². The SMILES string of the molecule is O=C(OC1C2CC3C1OC(=O)C3C2C(=O)OCC(F)(F)S(=O)(=O)[O-])C1CCCCC1. The minimum Gasteiger partial charge on any atom is -0.743 e. The molecule has 4 aliphatic rings. The number of hydrogen-bond acceptors (Lipinski definition) is 9. The van der Waals surface area contributed by atoms with Crippen LogP contribution in [0.25, 0.3) is 0 Å². The van der Waals surface area contributed by atoms with Crippen LogP contribution >= 0.6 is 0 Å². The fourth-order valence-corrected chi connectivity index (χ4v) is 5.56. The smallest absolute Gasteiger partial charge is 0.367 e. The van der Waals surface area contributed by atoms with Crippen LogP contribution in [0.3, 0.4) is 0 Å². The Labute approximate surface area is 171 Å². The average molecular weight is 451 g/mol. The van der Waals surface area contributed by atoms with Crippen LogP contribution in [0.4, 0.5) is 8.78 Å². The molecular formula is C18H21F2O9S-. The fraction of sp³-hybridized carbons (Fsp3) is 0.833. The first kappa shape index (κ1) is 21.4. The summed E-state index contributed by atoms with van der Waals surface area (Å²) in [5.41, 5.74) is 0. The summed E-state index contributed by atoms with van der Waals surface area (Å²) in [6, 6.07) is 0. The number of carbonyl (C=O) groups excluding carboxylic acids is 3. The van der Waals surface area contributed by atoms with E-state index in [4.69, 9.17) is 9.47 Å². The predicted octanol–water partition coefficient (Wildman–Crippen LogP) is 0.967. The van der Waals surface area contributed by atoms with E-state index in [1.165, 1.54) is 0 Å². The van der Waals surface area contributed by atoms with Gasteiger partial charge in [-0.15, -0.1) is 0 Å². The van der Waals surface area contributed by atoms with Gasteiger partial charge in [0.25, 0.3) is 0 Å². The molecule has 4 fully saturated rings. The number of esters is 3. The lowest BCUT2D eigenvalue weighted by atomic mass is 9.78. The summed E-state index contributed by atoms with van der Waals surface area (Å²) in [6.45, 7) is -1.94. The summed E-state index contributed by atoms with van der Waals surface area (Å²) in [7, 11) is -6.01. The minimum absolute atomic E-state index is 0.267. The van der Waals surface area contributed by atoms with Crippen LogP contribution in [0.5, 0.6) is 0 Å². The first-order chi connectivity index (χ1) is 14.0. The topological polar surface area (TPSA) is 136 Å². The molecule has 2 bridgehead atoms. The Balaban J connectivity index is 1.47. The lowest BCUT2D eigenvalue weighted by Gasteiger charge is -2.32. The second-order valence-electron chi connectivity index (χ2n) is 8.45. The second-order valence-corrected chi connectivity index (χ2v) is 9.96. The van der Waals surface area contributed by atoms with Crippen molar-refractivity contribution in [1.29, 1.82) is 0 Å². The normalized spacial score (nSPS) is 35.9. The number of carbonyl (C=O) groups is 3. The Morgan fingerprint density at radius 2 is 1.80 bits per heavy atom. The van der Waals surface area contributed by atoms with Gasteiger partial charge in [0.15, 0.2) is 16.7 Å². The van der Waals surface area contributed by atoms with E-state index in [0.29, 0.717) is 19.3 Å². The largest absolute Gasteiger partial charge is 0.743 e. The van der Waals surface area contributed by atoms with E-state index in [2.05, 4.69) is 4.74 Å². The van der Waals surface area contributed by atoms with Gasteiger partial charge >= 0.3 is 23.2 Å². The molecule has 3 aliphatic carbocycles. The maximum absolute atomic E-state index is 13.3. The lowest BCUT2D eigenvalue weighted by molar-refractivity contribution is -0.171. The van der Waals surface area contributed by atoms with Crippen molar-refractivity contribution >= 4 is 28.0 Å². The molecule has 30 heavy (non-hydrogen) atoms. The zero-order valence-corrected chi connectivity index (χ0v) is 16.6. The second kappa shape index (κ2) is 7.40. The Kier molecular flexibility index (Phi) is 5.28. The number of alkyl halides is 2. The van der Waals surface area contributed by atoms with E-state index in [-0.39, 0.29) is 5.92 Å². The van der Waals surface area contributed by atoms with Crippen molar-refractivity contribution in [2.75, 3.05) is 6.61 Å². The minimum atomic E-state index is -6.01. The summed E-state index contributed by atoms with van der Waals surface area (Å²) in [5.74, 6) is -5.81. The van der Waals surface area contributed by atoms with Gasteiger partial charge in [-0.05, 0) is 19.3 Å². The Hall–Kier alpha value is -1.82. The van der Waals surface area contributed by atoms with E-state index in [1.54, 1.807) is 0 Å². The molecule has 0 radical (unpaired) electrons. The van der Waals surface area contributed by atoms with Crippen LogP contribution < -0.4 is 0 Å². The van der Waals surface area contributed by atoms with Gasteiger partial charge in [-0.25, -0.2) is 8.42 Å².